The fraction of sp³-hybridized carbons (Fsp3) is 0.500. The van der Waals surface area contributed by atoms with Crippen molar-refractivity contribution in [3.8, 4) is 5.75 Å². The van der Waals surface area contributed by atoms with Crippen LogP contribution in [-0.4, -0.2) is 24.8 Å². The minimum Gasteiger partial charge on any atom is -0.489 e. The van der Waals surface area contributed by atoms with Crippen molar-refractivity contribution in [1.29, 1.82) is 0 Å². The van der Waals surface area contributed by atoms with E-state index in [0.717, 1.165) is 11.3 Å². The van der Waals surface area contributed by atoms with Gasteiger partial charge in [0.25, 0.3) is 0 Å². The summed E-state index contributed by atoms with van der Waals surface area (Å²) in [4.78, 5) is 3.98. The molecule has 0 aromatic carbocycles. The van der Waals surface area contributed by atoms with Gasteiger partial charge in [-0.25, -0.2) is 0 Å². The van der Waals surface area contributed by atoms with Gasteiger partial charge >= 0.3 is 0 Å². The third-order valence-corrected chi connectivity index (χ3v) is 1.97. The smallest absolute Gasteiger partial charge is 0.142 e. The van der Waals surface area contributed by atoms with Gasteiger partial charge in [0.15, 0.2) is 0 Å². The van der Waals surface area contributed by atoms with E-state index in [0.29, 0.717) is 13.2 Å². The molecule has 0 saturated heterocycles. The molecule has 4 nitrogen and oxygen atoms in total. The van der Waals surface area contributed by atoms with E-state index < -0.39 is 0 Å². The second kappa shape index (κ2) is 5.57. The zero-order valence-electron chi connectivity index (χ0n) is 8.56. The summed E-state index contributed by atoms with van der Waals surface area (Å²) in [5.41, 5.74) is 6.51. The fourth-order valence-corrected chi connectivity index (χ4v) is 0.983. The van der Waals surface area contributed by atoms with E-state index in [2.05, 4.69) is 4.98 Å². The molecule has 1 heterocycles. The van der Waals surface area contributed by atoms with Crippen molar-refractivity contribution in [2.75, 3.05) is 13.7 Å². The number of pyridine rings is 1. The number of rotatable bonds is 5. The Morgan fingerprint density at radius 2 is 2.36 bits per heavy atom. The average molecular weight is 196 g/mol. The summed E-state index contributed by atoms with van der Waals surface area (Å²) in [5, 5.41) is 0. The molecule has 0 aliphatic heterocycles. The maximum atomic E-state index is 5.55. The van der Waals surface area contributed by atoms with Gasteiger partial charge in [0, 0.05) is 25.4 Å². The minimum atomic E-state index is 0.0702. The van der Waals surface area contributed by atoms with Crippen LogP contribution < -0.4 is 10.5 Å². The van der Waals surface area contributed by atoms with Gasteiger partial charge in [-0.1, -0.05) is 0 Å². The molecule has 14 heavy (non-hydrogen) atoms. The minimum absolute atomic E-state index is 0.0702. The predicted molar refractivity (Wildman–Crippen MR) is 54.1 cm³/mol. The Bertz CT molecular complexity index is 279. The second-order valence-corrected chi connectivity index (χ2v) is 3.04. The Kier molecular flexibility index (Phi) is 4.35. The summed E-state index contributed by atoms with van der Waals surface area (Å²) in [6, 6.07) is 1.85. The second-order valence-electron chi connectivity index (χ2n) is 3.04. The van der Waals surface area contributed by atoms with E-state index in [1.807, 2.05) is 13.0 Å². The standard InChI is InChI=1S/C10H16N2O2/c1-8(13-2)7-14-10-6-12-4-3-9(10)5-11/h3-4,6,8H,5,7,11H2,1-2H3. The number of aromatic nitrogens is 1. The van der Waals surface area contributed by atoms with Crippen LogP contribution in [-0.2, 0) is 11.3 Å². The topological polar surface area (TPSA) is 57.4 Å². The molecule has 2 N–H and O–H groups in total. The lowest BCUT2D eigenvalue weighted by molar-refractivity contribution is 0.0712. The van der Waals surface area contributed by atoms with Crippen LogP contribution in [0.15, 0.2) is 18.5 Å². The third-order valence-electron chi connectivity index (χ3n) is 1.97. The van der Waals surface area contributed by atoms with E-state index in [4.69, 9.17) is 15.2 Å². The van der Waals surface area contributed by atoms with Gasteiger partial charge < -0.3 is 15.2 Å². The van der Waals surface area contributed by atoms with Crippen molar-refractivity contribution in [3.63, 3.8) is 0 Å². The van der Waals surface area contributed by atoms with E-state index >= 15 is 0 Å². The van der Waals surface area contributed by atoms with E-state index in [1.165, 1.54) is 0 Å². The summed E-state index contributed by atoms with van der Waals surface area (Å²) in [6.07, 6.45) is 3.44. The predicted octanol–water partition coefficient (Wildman–Crippen LogP) is 0.954. The number of hydrogen-bond acceptors (Lipinski definition) is 4. The SMILES string of the molecule is COC(C)COc1cnccc1CN. The molecule has 0 aliphatic rings. The van der Waals surface area contributed by atoms with Gasteiger partial charge in [-0.3, -0.25) is 4.98 Å². The number of methoxy groups -OCH3 is 1. The zero-order chi connectivity index (χ0) is 10.4. The van der Waals surface area contributed by atoms with Gasteiger partial charge in [-0.05, 0) is 13.0 Å². The highest BCUT2D eigenvalue weighted by molar-refractivity contribution is 5.29. The van der Waals surface area contributed by atoms with Gasteiger partial charge in [0.1, 0.15) is 12.4 Å². The van der Waals surface area contributed by atoms with Crippen LogP contribution in [0.3, 0.4) is 0 Å². The summed E-state index contributed by atoms with van der Waals surface area (Å²) < 4.78 is 10.6. The lowest BCUT2D eigenvalue weighted by atomic mass is 10.2. The summed E-state index contributed by atoms with van der Waals surface area (Å²) in [7, 11) is 1.65. The van der Waals surface area contributed by atoms with Crippen LogP contribution in [0.2, 0.25) is 0 Å². The first-order valence-corrected chi connectivity index (χ1v) is 4.56. The lowest BCUT2D eigenvalue weighted by Crippen LogP contribution is -2.17. The quantitative estimate of drug-likeness (QED) is 0.762. The third kappa shape index (κ3) is 2.97. The number of nitrogens with two attached hydrogens (primary N) is 1. The molecule has 0 aliphatic carbocycles. The molecular formula is C10H16N2O2. The van der Waals surface area contributed by atoms with Crippen molar-refractivity contribution in [1.82, 2.24) is 4.98 Å². The molecular weight excluding hydrogens is 180 g/mol. The van der Waals surface area contributed by atoms with Crippen molar-refractivity contribution in [2.24, 2.45) is 5.73 Å². The highest BCUT2D eigenvalue weighted by Gasteiger charge is 2.04. The Hall–Kier alpha value is -1.13. The van der Waals surface area contributed by atoms with Gasteiger partial charge in [0.2, 0.25) is 0 Å². The van der Waals surface area contributed by atoms with Crippen molar-refractivity contribution in [3.05, 3.63) is 24.0 Å². The van der Waals surface area contributed by atoms with Crippen LogP contribution >= 0.6 is 0 Å². The molecule has 1 aromatic rings. The Balaban J connectivity index is 2.57. The Morgan fingerprint density at radius 1 is 1.57 bits per heavy atom. The van der Waals surface area contributed by atoms with Gasteiger partial charge in [-0.15, -0.1) is 0 Å². The summed E-state index contributed by atoms with van der Waals surface area (Å²) in [6.45, 7) is 2.91. The molecule has 0 spiro atoms. The van der Waals surface area contributed by atoms with Crippen molar-refractivity contribution >= 4 is 0 Å². The van der Waals surface area contributed by atoms with Crippen LogP contribution in [0, 0.1) is 0 Å². The van der Waals surface area contributed by atoms with Crippen LogP contribution in [0.5, 0.6) is 5.75 Å². The molecule has 78 valence electrons. The summed E-state index contributed by atoms with van der Waals surface area (Å²) >= 11 is 0. The number of ether oxygens (including phenoxy) is 2. The van der Waals surface area contributed by atoms with Crippen molar-refractivity contribution < 1.29 is 9.47 Å². The number of nitrogens with zero attached hydrogens (tertiary/aromatic N) is 1. The molecule has 0 radical (unpaired) electrons. The number of hydrogen-bond donors (Lipinski definition) is 1. The molecule has 0 saturated carbocycles. The summed E-state index contributed by atoms with van der Waals surface area (Å²) in [5.74, 6) is 0.735. The first kappa shape index (κ1) is 10.9. The highest BCUT2D eigenvalue weighted by atomic mass is 16.5. The normalized spacial score (nSPS) is 12.5. The largest absolute Gasteiger partial charge is 0.489 e. The lowest BCUT2D eigenvalue weighted by Gasteiger charge is -2.13. The molecule has 4 heteroatoms. The monoisotopic (exact) mass is 196 g/mol. The van der Waals surface area contributed by atoms with E-state index in [1.54, 1.807) is 19.5 Å². The molecule has 1 aromatic heterocycles. The van der Waals surface area contributed by atoms with Crippen molar-refractivity contribution in [2.45, 2.75) is 19.6 Å². The Labute approximate surface area is 84.0 Å². The fourth-order valence-electron chi connectivity index (χ4n) is 0.983. The van der Waals surface area contributed by atoms with Gasteiger partial charge in [-0.2, -0.15) is 0 Å². The molecule has 0 amide bonds. The molecule has 1 atom stereocenters. The average Bonchev–Trinajstić information content (AvgIpc) is 2.26. The Morgan fingerprint density at radius 3 is 3.00 bits per heavy atom. The highest BCUT2D eigenvalue weighted by Crippen LogP contribution is 2.15. The molecule has 0 bridgehead atoms. The molecule has 0 fully saturated rings. The first-order chi connectivity index (χ1) is 6.77. The van der Waals surface area contributed by atoms with Crippen LogP contribution in [0.25, 0.3) is 0 Å². The first-order valence-electron chi connectivity index (χ1n) is 4.56. The van der Waals surface area contributed by atoms with Crippen LogP contribution in [0.1, 0.15) is 12.5 Å². The van der Waals surface area contributed by atoms with Gasteiger partial charge in [0.05, 0.1) is 12.3 Å². The maximum Gasteiger partial charge on any atom is 0.142 e. The molecule has 1 unspecified atom stereocenters. The van der Waals surface area contributed by atoms with Crippen LogP contribution in [0.4, 0.5) is 0 Å². The maximum absolute atomic E-state index is 5.55. The molecule has 1 rings (SSSR count). The zero-order valence-corrected chi connectivity index (χ0v) is 8.56. The van der Waals surface area contributed by atoms with E-state index in [-0.39, 0.29) is 6.10 Å². The van der Waals surface area contributed by atoms with E-state index in [9.17, 15) is 0 Å².